The zero-order valence-electron chi connectivity index (χ0n) is 18.8. The highest BCUT2D eigenvalue weighted by Crippen LogP contribution is 2.41. The number of nitrogens with two attached hydrogens (primary N) is 1. The van der Waals surface area contributed by atoms with Crippen LogP contribution in [0, 0.1) is 6.92 Å². The molecule has 0 spiro atoms. The highest BCUT2D eigenvalue weighted by atomic mass is 35.5. The van der Waals surface area contributed by atoms with Crippen LogP contribution in [0.1, 0.15) is 12.1 Å². The van der Waals surface area contributed by atoms with E-state index in [9.17, 15) is 0 Å². The van der Waals surface area contributed by atoms with Crippen LogP contribution in [-0.4, -0.2) is 39.5 Å². The van der Waals surface area contributed by atoms with Crippen LogP contribution >= 0.6 is 12.4 Å². The van der Waals surface area contributed by atoms with Crippen molar-refractivity contribution in [2.24, 2.45) is 5.73 Å². The molecule has 0 aliphatic carbocycles. The molecular weight excluding hydrogens is 430 g/mol. The summed E-state index contributed by atoms with van der Waals surface area (Å²) in [6.45, 7) is 3.10. The van der Waals surface area contributed by atoms with Crippen molar-refractivity contribution in [1.29, 1.82) is 0 Å². The SMILES string of the molecule is COc1cc(Nc2cc(OCCCN)cc(-c3ccc(C)nc3)c2)cc(OC)c1OC.Cl. The number of rotatable bonds is 10. The Balaban J connectivity index is 0.00000363. The predicted octanol–water partition coefficient (Wildman–Crippen LogP) is 4.98. The van der Waals surface area contributed by atoms with Crippen molar-refractivity contribution in [2.75, 3.05) is 39.8 Å². The van der Waals surface area contributed by atoms with Gasteiger partial charge in [-0.1, -0.05) is 6.07 Å². The van der Waals surface area contributed by atoms with Crippen LogP contribution in [0.5, 0.6) is 23.0 Å². The first-order valence-corrected chi connectivity index (χ1v) is 10.1. The van der Waals surface area contributed by atoms with Crippen molar-refractivity contribution in [2.45, 2.75) is 13.3 Å². The monoisotopic (exact) mass is 459 g/mol. The molecule has 1 heterocycles. The summed E-state index contributed by atoms with van der Waals surface area (Å²) < 4.78 is 22.3. The zero-order chi connectivity index (χ0) is 22.2. The van der Waals surface area contributed by atoms with E-state index in [1.807, 2.05) is 55.6 Å². The van der Waals surface area contributed by atoms with Gasteiger partial charge in [-0.3, -0.25) is 4.98 Å². The Bertz CT molecular complexity index is 988. The van der Waals surface area contributed by atoms with Gasteiger partial charge in [0, 0.05) is 47.0 Å². The van der Waals surface area contributed by atoms with Crippen LogP contribution < -0.4 is 30.0 Å². The number of benzene rings is 2. The number of anilines is 2. The normalized spacial score (nSPS) is 10.2. The van der Waals surface area contributed by atoms with Crippen LogP contribution in [0.4, 0.5) is 11.4 Å². The molecule has 0 radical (unpaired) electrons. The number of nitrogens with one attached hydrogen (secondary N) is 1. The zero-order valence-corrected chi connectivity index (χ0v) is 19.6. The van der Waals surface area contributed by atoms with Gasteiger partial charge in [0.25, 0.3) is 0 Å². The molecule has 0 unspecified atom stereocenters. The number of nitrogens with zero attached hydrogens (tertiary/aromatic N) is 1. The maximum atomic E-state index is 5.93. The third-order valence-electron chi connectivity index (χ3n) is 4.72. The number of aromatic nitrogens is 1. The van der Waals surface area contributed by atoms with Gasteiger partial charge in [-0.2, -0.15) is 0 Å². The fraction of sp³-hybridized carbons (Fsp3) is 0.292. The Morgan fingerprint density at radius 3 is 2.12 bits per heavy atom. The van der Waals surface area contributed by atoms with Crippen LogP contribution in [0.25, 0.3) is 11.1 Å². The molecule has 0 atom stereocenters. The molecule has 1 aromatic heterocycles. The summed E-state index contributed by atoms with van der Waals surface area (Å²) in [6.07, 6.45) is 2.64. The minimum atomic E-state index is 0. The van der Waals surface area contributed by atoms with E-state index >= 15 is 0 Å². The van der Waals surface area contributed by atoms with Crippen molar-refractivity contribution in [3.05, 3.63) is 54.4 Å². The van der Waals surface area contributed by atoms with Gasteiger partial charge in [-0.25, -0.2) is 0 Å². The van der Waals surface area contributed by atoms with Crippen LogP contribution in [-0.2, 0) is 0 Å². The summed E-state index contributed by atoms with van der Waals surface area (Å²) >= 11 is 0. The lowest BCUT2D eigenvalue weighted by Gasteiger charge is -2.16. The second-order valence-corrected chi connectivity index (χ2v) is 6.96. The molecule has 3 rings (SSSR count). The highest BCUT2D eigenvalue weighted by Gasteiger charge is 2.14. The first-order chi connectivity index (χ1) is 15.1. The number of aryl methyl sites for hydroxylation is 1. The van der Waals surface area contributed by atoms with Crippen LogP contribution in [0.2, 0.25) is 0 Å². The van der Waals surface area contributed by atoms with Gasteiger partial charge < -0.3 is 30.0 Å². The van der Waals surface area contributed by atoms with E-state index in [0.29, 0.717) is 30.4 Å². The number of ether oxygens (including phenoxy) is 4. The number of methoxy groups -OCH3 is 3. The fourth-order valence-corrected chi connectivity index (χ4v) is 3.15. The minimum absolute atomic E-state index is 0. The number of pyridine rings is 1. The van der Waals surface area contributed by atoms with Gasteiger partial charge in [-0.05, 0) is 43.7 Å². The standard InChI is InChI=1S/C24H29N3O4.ClH/c1-16-6-7-17(15-26-16)18-10-19(12-21(11-18)31-9-5-8-25)27-20-13-22(28-2)24(30-4)23(14-20)29-3;/h6-7,10-15,27H,5,8-9,25H2,1-4H3;1H. The van der Waals surface area contributed by atoms with Crippen molar-refractivity contribution in [3.8, 4) is 34.1 Å². The molecule has 0 saturated carbocycles. The summed E-state index contributed by atoms with van der Waals surface area (Å²) in [5.74, 6) is 2.44. The Morgan fingerprint density at radius 1 is 0.875 bits per heavy atom. The fourth-order valence-electron chi connectivity index (χ4n) is 3.15. The van der Waals surface area contributed by atoms with E-state index in [-0.39, 0.29) is 12.4 Å². The first-order valence-electron chi connectivity index (χ1n) is 10.1. The molecule has 0 amide bonds. The summed E-state index contributed by atoms with van der Waals surface area (Å²) in [7, 11) is 4.77. The molecule has 7 nitrogen and oxygen atoms in total. The summed E-state index contributed by atoms with van der Waals surface area (Å²) in [4.78, 5) is 4.41. The molecule has 3 aromatic rings. The minimum Gasteiger partial charge on any atom is -0.493 e. The summed E-state index contributed by atoms with van der Waals surface area (Å²) in [5, 5.41) is 3.42. The van der Waals surface area contributed by atoms with E-state index in [2.05, 4.69) is 10.3 Å². The van der Waals surface area contributed by atoms with Crippen LogP contribution in [0.3, 0.4) is 0 Å². The van der Waals surface area contributed by atoms with Crippen molar-refractivity contribution >= 4 is 23.8 Å². The third-order valence-corrected chi connectivity index (χ3v) is 4.72. The van der Waals surface area contributed by atoms with Gasteiger partial charge in [0.05, 0.1) is 27.9 Å². The highest BCUT2D eigenvalue weighted by molar-refractivity contribution is 5.85. The van der Waals surface area contributed by atoms with E-state index < -0.39 is 0 Å². The molecule has 0 saturated heterocycles. The summed E-state index contributed by atoms with van der Waals surface area (Å²) in [6, 6.07) is 13.8. The van der Waals surface area contributed by atoms with Gasteiger partial charge in [0.2, 0.25) is 5.75 Å². The average molecular weight is 460 g/mol. The first kappa shape index (κ1) is 25.1. The van der Waals surface area contributed by atoms with Crippen molar-refractivity contribution in [1.82, 2.24) is 4.98 Å². The van der Waals surface area contributed by atoms with Crippen molar-refractivity contribution < 1.29 is 18.9 Å². The van der Waals surface area contributed by atoms with Gasteiger partial charge >= 0.3 is 0 Å². The number of hydrogen-bond donors (Lipinski definition) is 2. The molecule has 32 heavy (non-hydrogen) atoms. The quantitative estimate of drug-likeness (QED) is 0.413. The molecule has 0 fully saturated rings. The lowest BCUT2D eigenvalue weighted by Crippen LogP contribution is -2.06. The predicted molar refractivity (Wildman–Crippen MR) is 130 cm³/mol. The van der Waals surface area contributed by atoms with Gasteiger partial charge in [-0.15, -0.1) is 12.4 Å². The lowest BCUT2D eigenvalue weighted by atomic mass is 10.1. The van der Waals surface area contributed by atoms with E-state index in [1.165, 1.54) is 0 Å². The molecule has 8 heteroatoms. The van der Waals surface area contributed by atoms with Crippen LogP contribution in [0.15, 0.2) is 48.7 Å². The molecule has 0 aliphatic heterocycles. The molecule has 172 valence electrons. The Kier molecular flexibility index (Phi) is 9.43. The third kappa shape index (κ3) is 6.18. The molecule has 3 N–H and O–H groups in total. The average Bonchev–Trinajstić information content (AvgIpc) is 2.79. The van der Waals surface area contributed by atoms with E-state index in [4.69, 9.17) is 24.7 Å². The largest absolute Gasteiger partial charge is 0.493 e. The number of hydrogen-bond acceptors (Lipinski definition) is 7. The Hall–Kier alpha value is -3.16. The van der Waals surface area contributed by atoms with Crippen molar-refractivity contribution in [3.63, 3.8) is 0 Å². The maximum Gasteiger partial charge on any atom is 0.203 e. The maximum absolute atomic E-state index is 5.93. The number of halogens is 1. The lowest BCUT2D eigenvalue weighted by molar-refractivity contribution is 0.313. The van der Waals surface area contributed by atoms with Gasteiger partial charge in [0.1, 0.15) is 5.75 Å². The Morgan fingerprint density at radius 2 is 1.56 bits per heavy atom. The Labute approximate surface area is 195 Å². The smallest absolute Gasteiger partial charge is 0.203 e. The van der Waals surface area contributed by atoms with E-state index in [1.54, 1.807) is 21.3 Å². The van der Waals surface area contributed by atoms with E-state index in [0.717, 1.165) is 40.4 Å². The second kappa shape index (κ2) is 12.0. The molecule has 0 aliphatic rings. The topological polar surface area (TPSA) is 87.9 Å². The molecular formula is C24H30ClN3O4. The summed E-state index contributed by atoms with van der Waals surface area (Å²) in [5.41, 5.74) is 10.2. The molecule has 2 aromatic carbocycles. The second-order valence-electron chi connectivity index (χ2n) is 6.96. The molecule has 0 bridgehead atoms. The van der Waals surface area contributed by atoms with Gasteiger partial charge in [0.15, 0.2) is 11.5 Å².